The Balaban J connectivity index is 2.47. The van der Waals surface area contributed by atoms with E-state index < -0.39 is 5.82 Å². The molecule has 0 saturated carbocycles. The van der Waals surface area contributed by atoms with Gasteiger partial charge in [-0.15, -0.1) is 0 Å². The molecule has 2 atom stereocenters. The van der Waals surface area contributed by atoms with Crippen molar-refractivity contribution in [3.05, 3.63) is 18.2 Å². The average molecular weight is 262 g/mol. The first-order chi connectivity index (χ1) is 6.58. The van der Waals surface area contributed by atoms with Crippen LogP contribution in [0, 0.1) is 5.82 Å². The van der Waals surface area contributed by atoms with Gasteiger partial charge >= 0.3 is 0 Å². The summed E-state index contributed by atoms with van der Waals surface area (Å²) < 4.78 is 12.5. The molecule has 0 spiro atoms. The van der Waals surface area contributed by atoms with Crippen LogP contribution in [0.4, 0.5) is 10.3 Å². The highest BCUT2D eigenvalue weighted by atomic mass is 79.9. The summed E-state index contributed by atoms with van der Waals surface area (Å²) in [6.45, 7) is 4.11. The lowest BCUT2D eigenvalue weighted by molar-refractivity contribution is 0.612. The second-order valence-corrected chi connectivity index (χ2v) is 4.85. The Morgan fingerprint density at radius 3 is 2.50 bits per heavy atom. The quantitative estimate of drug-likeness (QED) is 0.847. The van der Waals surface area contributed by atoms with Crippen molar-refractivity contribution >= 4 is 21.9 Å². The van der Waals surface area contributed by atoms with Crippen molar-refractivity contribution in [2.75, 3.05) is 5.32 Å². The van der Waals surface area contributed by atoms with Gasteiger partial charge in [0.15, 0.2) is 5.82 Å². The van der Waals surface area contributed by atoms with Crippen LogP contribution in [0.5, 0.6) is 0 Å². The van der Waals surface area contributed by atoms with Crippen molar-refractivity contribution in [3.63, 3.8) is 0 Å². The molecule has 1 N–H and O–H groups in total. The Labute approximate surface area is 91.3 Å². The van der Waals surface area contributed by atoms with Gasteiger partial charge in [0.2, 0.25) is 5.95 Å². The summed E-state index contributed by atoms with van der Waals surface area (Å²) in [5, 5.41) is 3.08. The molecule has 2 unspecified atom stereocenters. The topological polar surface area (TPSA) is 37.8 Å². The number of rotatable bonds is 4. The second-order valence-electron chi connectivity index (χ2n) is 3.29. The lowest BCUT2D eigenvalue weighted by Crippen LogP contribution is -2.19. The molecule has 0 aliphatic heterocycles. The van der Waals surface area contributed by atoms with Crippen molar-refractivity contribution < 1.29 is 4.39 Å². The molecule has 0 aliphatic carbocycles. The van der Waals surface area contributed by atoms with E-state index in [2.05, 4.69) is 38.1 Å². The van der Waals surface area contributed by atoms with Gasteiger partial charge in [-0.3, -0.25) is 0 Å². The Morgan fingerprint density at radius 2 is 2.00 bits per heavy atom. The molecule has 1 aromatic heterocycles. The third-order valence-electron chi connectivity index (χ3n) is 1.67. The SMILES string of the molecule is CC(Br)CC(C)Nc1ncc(F)cn1. The van der Waals surface area contributed by atoms with Gasteiger partial charge in [0.25, 0.3) is 0 Å². The van der Waals surface area contributed by atoms with Crippen LogP contribution in [0.2, 0.25) is 0 Å². The first-order valence-electron chi connectivity index (χ1n) is 4.46. The maximum absolute atomic E-state index is 12.5. The molecule has 0 fully saturated rings. The Bertz CT molecular complexity index is 276. The van der Waals surface area contributed by atoms with Crippen LogP contribution in [0.25, 0.3) is 0 Å². The minimum atomic E-state index is -0.419. The molecule has 1 rings (SSSR count). The molecule has 1 heterocycles. The number of nitrogens with zero attached hydrogens (tertiary/aromatic N) is 2. The Morgan fingerprint density at radius 1 is 1.43 bits per heavy atom. The average Bonchev–Trinajstić information content (AvgIpc) is 2.07. The van der Waals surface area contributed by atoms with Gasteiger partial charge in [-0.1, -0.05) is 22.9 Å². The fraction of sp³-hybridized carbons (Fsp3) is 0.556. The molecule has 0 aliphatic rings. The first-order valence-corrected chi connectivity index (χ1v) is 5.37. The van der Waals surface area contributed by atoms with Crippen molar-refractivity contribution in [3.8, 4) is 0 Å². The highest BCUT2D eigenvalue weighted by Gasteiger charge is 2.06. The van der Waals surface area contributed by atoms with Gasteiger partial charge < -0.3 is 5.32 Å². The second kappa shape index (κ2) is 5.24. The van der Waals surface area contributed by atoms with Crippen molar-refractivity contribution in [1.82, 2.24) is 9.97 Å². The molecule has 0 saturated heterocycles. The van der Waals surface area contributed by atoms with E-state index in [1.54, 1.807) is 0 Å². The predicted molar refractivity (Wildman–Crippen MR) is 58.1 cm³/mol. The minimum Gasteiger partial charge on any atom is -0.352 e. The van der Waals surface area contributed by atoms with Crippen molar-refractivity contribution in [2.45, 2.75) is 31.1 Å². The van der Waals surface area contributed by atoms with Gasteiger partial charge in [0.1, 0.15) is 0 Å². The van der Waals surface area contributed by atoms with E-state index in [4.69, 9.17) is 0 Å². The molecule has 0 radical (unpaired) electrons. The van der Waals surface area contributed by atoms with Crippen LogP contribution in [-0.2, 0) is 0 Å². The van der Waals surface area contributed by atoms with Crippen LogP contribution in [-0.4, -0.2) is 20.8 Å². The predicted octanol–water partition coefficient (Wildman–Crippen LogP) is 2.59. The van der Waals surface area contributed by atoms with Crippen molar-refractivity contribution in [1.29, 1.82) is 0 Å². The van der Waals surface area contributed by atoms with Crippen molar-refractivity contribution in [2.24, 2.45) is 0 Å². The van der Waals surface area contributed by atoms with E-state index in [0.717, 1.165) is 18.8 Å². The van der Waals surface area contributed by atoms with Gasteiger partial charge in [0.05, 0.1) is 12.4 Å². The van der Waals surface area contributed by atoms with Crippen LogP contribution < -0.4 is 5.32 Å². The Hall–Kier alpha value is -0.710. The third kappa shape index (κ3) is 4.00. The standard InChI is InChI=1S/C9H13BrFN3/c1-6(10)3-7(2)14-9-12-4-8(11)5-13-9/h4-7H,3H2,1-2H3,(H,12,13,14). The van der Waals surface area contributed by atoms with Crippen LogP contribution >= 0.6 is 15.9 Å². The fourth-order valence-corrected chi connectivity index (χ4v) is 1.71. The molecule has 3 nitrogen and oxygen atoms in total. The maximum atomic E-state index is 12.5. The Kier molecular flexibility index (Phi) is 4.25. The van der Waals surface area contributed by atoms with Crippen LogP contribution in [0.3, 0.4) is 0 Å². The number of hydrogen-bond donors (Lipinski definition) is 1. The normalized spacial score (nSPS) is 14.9. The van der Waals surface area contributed by atoms with E-state index >= 15 is 0 Å². The number of anilines is 1. The minimum absolute atomic E-state index is 0.259. The van der Waals surface area contributed by atoms with Gasteiger partial charge in [0, 0.05) is 10.9 Å². The number of hydrogen-bond acceptors (Lipinski definition) is 3. The maximum Gasteiger partial charge on any atom is 0.222 e. The lowest BCUT2D eigenvalue weighted by atomic mass is 10.2. The first kappa shape index (κ1) is 11.4. The zero-order chi connectivity index (χ0) is 10.6. The summed E-state index contributed by atoms with van der Waals surface area (Å²) in [6.07, 6.45) is 3.26. The molecule has 1 aromatic rings. The summed E-state index contributed by atoms with van der Waals surface area (Å²) in [6, 6.07) is 0.259. The fourth-order valence-electron chi connectivity index (χ4n) is 1.15. The molecular weight excluding hydrogens is 249 g/mol. The number of aromatic nitrogens is 2. The molecule has 78 valence electrons. The molecule has 0 bridgehead atoms. The van der Waals surface area contributed by atoms with E-state index in [0.29, 0.717) is 10.8 Å². The number of nitrogens with one attached hydrogen (secondary N) is 1. The van der Waals surface area contributed by atoms with Gasteiger partial charge in [-0.05, 0) is 13.3 Å². The van der Waals surface area contributed by atoms with E-state index in [1.165, 1.54) is 0 Å². The van der Waals surface area contributed by atoms with E-state index in [-0.39, 0.29) is 6.04 Å². The summed E-state index contributed by atoms with van der Waals surface area (Å²) >= 11 is 3.46. The summed E-state index contributed by atoms with van der Waals surface area (Å²) in [5.74, 6) is 0.0455. The largest absolute Gasteiger partial charge is 0.352 e. The van der Waals surface area contributed by atoms with E-state index in [1.807, 2.05) is 6.92 Å². The van der Waals surface area contributed by atoms with E-state index in [9.17, 15) is 4.39 Å². The molecule has 0 amide bonds. The van der Waals surface area contributed by atoms with Gasteiger partial charge in [-0.2, -0.15) is 0 Å². The highest BCUT2D eigenvalue weighted by Crippen LogP contribution is 2.10. The molecule has 14 heavy (non-hydrogen) atoms. The van der Waals surface area contributed by atoms with Crippen LogP contribution in [0.1, 0.15) is 20.3 Å². The van der Waals surface area contributed by atoms with Gasteiger partial charge in [-0.25, -0.2) is 14.4 Å². The molecule has 5 heteroatoms. The van der Waals surface area contributed by atoms with Crippen LogP contribution in [0.15, 0.2) is 12.4 Å². The smallest absolute Gasteiger partial charge is 0.222 e. The number of halogens is 2. The lowest BCUT2D eigenvalue weighted by Gasteiger charge is -2.14. The number of alkyl halides is 1. The summed E-state index contributed by atoms with van der Waals surface area (Å²) in [7, 11) is 0. The monoisotopic (exact) mass is 261 g/mol. The highest BCUT2D eigenvalue weighted by molar-refractivity contribution is 9.09. The zero-order valence-corrected chi connectivity index (χ0v) is 9.75. The summed E-state index contributed by atoms with van der Waals surface area (Å²) in [4.78, 5) is 8.06. The third-order valence-corrected chi connectivity index (χ3v) is 2.05. The molecular formula is C9H13BrFN3. The molecule has 0 aromatic carbocycles. The summed E-state index contributed by atoms with van der Waals surface area (Å²) in [5.41, 5.74) is 0. The zero-order valence-electron chi connectivity index (χ0n) is 8.17.